The summed E-state index contributed by atoms with van der Waals surface area (Å²) >= 11 is 0. The molecule has 0 fully saturated rings. The van der Waals surface area contributed by atoms with Gasteiger partial charge in [0.1, 0.15) is 12.2 Å². The molecule has 1 aromatic heterocycles. The predicted octanol–water partition coefficient (Wildman–Crippen LogP) is -0.01000. The van der Waals surface area contributed by atoms with E-state index in [1.54, 1.807) is 0 Å². The van der Waals surface area contributed by atoms with Crippen LogP contribution in [0.15, 0.2) is 6.20 Å². The topological polar surface area (TPSA) is 123 Å². The van der Waals surface area contributed by atoms with E-state index < -0.39 is 5.97 Å². The SMILES string of the molecule is CC(C)C[C@H](CN)CC(=O)NCc1cn(CC(=O)O)nn1. The van der Waals surface area contributed by atoms with Gasteiger partial charge in [-0.1, -0.05) is 19.1 Å². The minimum atomic E-state index is -0.991. The minimum absolute atomic E-state index is 0.0844. The van der Waals surface area contributed by atoms with E-state index in [0.29, 0.717) is 24.6 Å². The van der Waals surface area contributed by atoms with Crippen molar-refractivity contribution >= 4 is 11.9 Å². The fourth-order valence-electron chi connectivity index (χ4n) is 2.09. The Bertz CT molecular complexity index is 472. The Hall–Kier alpha value is -1.96. The lowest BCUT2D eigenvalue weighted by Crippen LogP contribution is -2.28. The summed E-state index contributed by atoms with van der Waals surface area (Å²) in [7, 11) is 0. The summed E-state index contributed by atoms with van der Waals surface area (Å²) in [5.41, 5.74) is 6.19. The maximum atomic E-state index is 11.8. The smallest absolute Gasteiger partial charge is 0.325 e. The maximum Gasteiger partial charge on any atom is 0.325 e. The Morgan fingerprint density at radius 2 is 2.19 bits per heavy atom. The molecule has 118 valence electrons. The van der Waals surface area contributed by atoms with Gasteiger partial charge in [0.25, 0.3) is 0 Å². The Morgan fingerprint density at radius 3 is 2.76 bits per heavy atom. The van der Waals surface area contributed by atoms with Gasteiger partial charge in [0.15, 0.2) is 0 Å². The van der Waals surface area contributed by atoms with Gasteiger partial charge in [0.05, 0.1) is 12.7 Å². The molecule has 0 saturated heterocycles. The molecule has 8 heteroatoms. The van der Waals surface area contributed by atoms with Gasteiger partial charge in [0, 0.05) is 6.42 Å². The third kappa shape index (κ3) is 6.84. The Labute approximate surface area is 123 Å². The quantitative estimate of drug-likeness (QED) is 0.589. The van der Waals surface area contributed by atoms with Gasteiger partial charge >= 0.3 is 5.97 Å². The average Bonchev–Trinajstić information content (AvgIpc) is 2.81. The van der Waals surface area contributed by atoms with Gasteiger partial charge < -0.3 is 16.2 Å². The molecule has 0 unspecified atom stereocenters. The number of carbonyl (C=O) groups is 2. The van der Waals surface area contributed by atoms with E-state index in [9.17, 15) is 9.59 Å². The number of aliphatic carboxylic acids is 1. The molecule has 0 radical (unpaired) electrons. The van der Waals surface area contributed by atoms with Gasteiger partial charge in [-0.15, -0.1) is 5.10 Å². The molecule has 4 N–H and O–H groups in total. The summed E-state index contributed by atoms with van der Waals surface area (Å²) in [5.74, 6) is -0.399. The van der Waals surface area contributed by atoms with Crippen LogP contribution in [0.3, 0.4) is 0 Å². The summed E-state index contributed by atoms with van der Waals surface area (Å²) in [6.07, 6.45) is 2.81. The summed E-state index contributed by atoms with van der Waals surface area (Å²) in [6, 6.07) is 0. The van der Waals surface area contributed by atoms with Crippen LogP contribution in [0.5, 0.6) is 0 Å². The van der Waals surface area contributed by atoms with E-state index in [1.165, 1.54) is 10.9 Å². The van der Waals surface area contributed by atoms with E-state index in [1.807, 2.05) is 0 Å². The maximum absolute atomic E-state index is 11.8. The lowest BCUT2D eigenvalue weighted by atomic mass is 9.94. The highest BCUT2D eigenvalue weighted by Gasteiger charge is 2.14. The van der Waals surface area contributed by atoms with Crippen molar-refractivity contribution in [3.05, 3.63) is 11.9 Å². The first-order chi connectivity index (χ1) is 9.90. The Morgan fingerprint density at radius 1 is 1.48 bits per heavy atom. The molecule has 0 saturated carbocycles. The van der Waals surface area contributed by atoms with Crippen molar-refractivity contribution in [3.8, 4) is 0 Å². The van der Waals surface area contributed by atoms with Gasteiger partial charge in [-0.25, -0.2) is 4.68 Å². The molecule has 0 aliphatic rings. The first-order valence-corrected chi connectivity index (χ1v) is 6.98. The van der Waals surface area contributed by atoms with Crippen LogP contribution in [0.25, 0.3) is 0 Å². The zero-order valence-corrected chi connectivity index (χ0v) is 12.5. The van der Waals surface area contributed by atoms with E-state index >= 15 is 0 Å². The lowest BCUT2D eigenvalue weighted by Gasteiger charge is -2.16. The van der Waals surface area contributed by atoms with Crippen molar-refractivity contribution in [1.29, 1.82) is 0 Å². The van der Waals surface area contributed by atoms with Crippen molar-refractivity contribution < 1.29 is 14.7 Å². The molecule has 0 bridgehead atoms. The highest BCUT2D eigenvalue weighted by molar-refractivity contribution is 5.76. The fourth-order valence-corrected chi connectivity index (χ4v) is 2.09. The van der Waals surface area contributed by atoms with Crippen LogP contribution in [-0.4, -0.2) is 38.5 Å². The van der Waals surface area contributed by atoms with Gasteiger partial charge in [0.2, 0.25) is 5.91 Å². The van der Waals surface area contributed by atoms with Crippen LogP contribution in [0, 0.1) is 11.8 Å². The molecule has 1 atom stereocenters. The largest absolute Gasteiger partial charge is 0.480 e. The molecule has 0 aromatic carbocycles. The second-order valence-electron chi connectivity index (χ2n) is 5.51. The molecule has 1 rings (SSSR count). The molecular weight excluding hydrogens is 274 g/mol. The standard InChI is InChI=1S/C13H23N5O3/c1-9(2)3-10(5-14)4-12(19)15-6-11-7-18(17-16-11)8-13(20)21/h7,9-10H,3-6,8,14H2,1-2H3,(H,15,19)(H,20,21)/t10-/m0/s1. The first kappa shape index (κ1) is 17.1. The molecular formula is C13H23N5O3. The number of carboxylic acids is 1. The first-order valence-electron chi connectivity index (χ1n) is 6.98. The Balaban J connectivity index is 2.38. The number of hydrogen-bond donors (Lipinski definition) is 3. The molecule has 1 aromatic rings. The number of carbonyl (C=O) groups excluding carboxylic acids is 1. The van der Waals surface area contributed by atoms with Crippen molar-refractivity contribution in [2.24, 2.45) is 17.6 Å². The molecule has 0 aliphatic carbocycles. The summed E-state index contributed by atoms with van der Waals surface area (Å²) in [4.78, 5) is 22.4. The van der Waals surface area contributed by atoms with E-state index in [-0.39, 0.29) is 24.9 Å². The number of nitrogens with two attached hydrogens (primary N) is 1. The monoisotopic (exact) mass is 297 g/mol. The van der Waals surface area contributed by atoms with E-state index in [4.69, 9.17) is 10.8 Å². The number of rotatable bonds is 9. The number of amides is 1. The van der Waals surface area contributed by atoms with Gasteiger partial charge in [-0.3, -0.25) is 9.59 Å². The number of nitrogens with zero attached hydrogens (tertiary/aromatic N) is 3. The molecule has 8 nitrogen and oxygen atoms in total. The predicted molar refractivity (Wildman–Crippen MR) is 76.1 cm³/mol. The Kier molecular flexibility index (Phi) is 6.80. The van der Waals surface area contributed by atoms with Crippen LogP contribution >= 0.6 is 0 Å². The van der Waals surface area contributed by atoms with Crippen molar-refractivity contribution in [1.82, 2.24) is 20.3 Å². The van der Waals surface area contributed by atoms with E-state index in [0.717, 1.165) is 6.42 Å². The molecule has 21 heavy (non-hydrogen) atoms. The highest BCUT2D eigenvalue weighted by Crippen LogP contribution is 2.14. The molecule has 0 spiro atoms. The highest BCUT2D eigenvalue weighted by atomic mass is 16.4. The number of carboxylic acid groups (broad SMARTS) is 1. The third-order valence-electron chi connectivity index (χ3n) is 2.96. The van der Waals surface area contributed by atoms with Gasteiger partial charge in [-0.05, 0) is 24.8 Å². The van der Waals surface area contributed by atoms with Crippen LogP contribution in [0.2, 0.25) is 0 Å². The number of nitrogens with one attached hydrogen (secondary N) is 1. The van der Waals surface area contributed by atoms with Crippen LogP contribution in [0.4, 0.5) is 0 Å². The second kappa shape index (κ2) is 8.35. The summed E-state index contributed by atoms with van der Waals surface area (Å²) in [6.45, 7) is 4.67. The van der Waals surface area contributed by atoms with E-state index in [2.05, 4.69) is 29.5 Å². The minimum Gasteiger partial charge on any atom is -0.480 e. The number of aromatic nitrogens is 3. The van der Waals surface area contributed by atoms with Crippen molar-refractivity contribution in [3.63, 3.8) is 0 Å². The second-order valence-corrected chi connectivity index (χ2v) is 5.51. The third-order valence-corrected chi connectivity index (χ3v) is 2.96. The van der Waals surface area contributed by atoms with Gasteiger partial charge in [-0.2, -0.15) is 0 Å². The van der Waals surface area contributed by atoms with Crippen LogP contribution < -0.4 is 11.1 Å². The summed E-state index contributed by atoms with van der Waals surface area (Å²) < 4.78 is 1.21. The van der Waals surface area contributed by atoms with Crippen LogP contribution in [-0.2, 0) is 22.7 Å². The number of hydrogen-bond acceptors (Lipinski definition) is 5. The zero-order valence-electron chi connectivity index (χ0n) is 12.5. The average molecular weight is 297 g/mol. The normalized spacial score (nSPS) is 12.4. The van der Waals surface area contributed by atoms with Crippen molar-refractivity contribution in [2.45, 2.75) is 39.8 Å². The van der Waals surface area contributed by atoms with Crippen molar-refractivity contribution in [2.75, 3.05) is 6.54 Å². The molecule has 0 aliphatic heterocycles. The summed E-state index contributed by atoms with van der Waals surface area (Å²) in [5, 5.41) is 18.8. The lowest BCUT2D eigenvalue weighted by molar-refractivity contribution is -0.138. The zero-order chi connectivity index (χ0) is 15.8. The fraction of sp³-hybridized carbons (Fsp3) is 0.692. The van der Waals surface area contributed by atoms with Crippen LogP contribution in [0.1, 0.15) is 32.4 Å². The molecule has 1 amide bonds. The molecule has 1 heterocycles.